The van der Waals surface area contributed by atoms with Gasteiger partial charge in [0.05, 0.1) is 0 Å². The molecule has 1 aliphatic heterocycles. The van der Waals surface area contributed by atoms with Gasteiger partial charge in [-0.15, -0.1) is 0 Å². The van der Waals surface area contributed by atoms with Crippen LogP contribution in [0.1, 0.15) is 25.3 Å². The van der Waals surface area contributed by atoms with Crippen molar-refractivity contribution < 1.29 is 9.59 Å². The molecule has 1 saturated heterocycles. The van der Waals surface area contributed by atoms with Crippen molar-refractivity contribution in [2.45, 2.75) is 32.2 Å². The predicted molar refractivity (Wildman–Crippen MR) is 78.6 cm³/mol. The van der Waals surface area contributed by atoms with Gasteiger partial charge in [0.25, 0.3) is 0 Å². The molecule has 1 aromatic carbocycles. The highest BCUT2D eigenvalue weighted by Crippen LogP contribution is 2.17. The van der Waals surface area contributed by atoms with E-state index in [9.17, 15) is 9.59 Å². The van der Waals surface area contributed by atoms with Crippen LogP contribution in [0.5, 0.6) is 0 Å². The van der Waals surface area contributed by atoms with Crippen molar-refractivity contribution in [2.75, 3.05) is 13.1 Å². The SMILES string of the molecule is CC(=O)N1CCCC1C(=O)NCCc1ccc(Cl)cc1. The summed E-state index contributed by atoms with van der Waals surface area (Å²) >= 11 is 5.82. The third kappa shape index (κ3) is 3.73. The van der Waals surface area contributed by atoms with E-state index in [2.05, 4.69) is 5.32 Å². The lowest BCUT2D eigenvalue weighted by molar-refractivity contribution is -0.136. The molecule has 0 radical (unpaired) electrons. The number of carbonyl (C=O) groups is 2. The maximum Gasteiger partial charge on any atom is 0.242 e. The van der Waals surface area contributed by atoms with E-state index in [-0.39, 0.29) is 17.9 Å². The summed E-state index contributed by atoms with van der Waals surface area (Å²) in [4.78, 5) is 25.2. The largest absolute Gasteiger partial charge is 0.354 e. The van der Waals surface area contributed by atoms with E-state index < -0.39 is 0 Å². The highest BCUT2D eigenvalue weighted by atomic mass is 35.5. The zero-order chi connectivity index (χ0) is 14.5. The lowest BCUT2D eigenvalue weighted by Gasteiger charge is -2.22. The summed E-state index contributed by atoms with van der Waals surface area (Å²) in [5.41, 5.74) is 1.13. The van der Waals surface area contributed by atoms with Gasteiger partial charge in [-0.1, -0.05) is 23.7 Å². The summed E-state index contributed by atoms with van der Waals surface area (Å²) in [7, 11) is 0. The number of hydrogen-bond acceptors (Lipinski definition) is 2. The van der Waals surface area contributed by atoms with Gasteiger partial charge in [0.15, 0.2) is 0 Å². The number of nitrogens with one attached hydrogen (secondary N) is 1. The van der Waals surface area contributed by atoms with Gasteiger partial charge in [0.1, 0.15) is 6.04 Å². The monoisotopic (exact) mass is 294 g/mol. The van der Waals surface area contributed by atoms with Crippen LogP contribution in [0.2, 0.25) is 5.02 Å². The van der Waals surface area contributed by atoms with E-state index in [1.165, 1.54) is 6.92 Å². The minimum atomic E-state index is -0.294. The zero-order valence-electron chi connectivity index (χ0n) is 11.6. The van der Waals surface area contributed by atoms with Crippen LogP contribution in [0.3, 0.4) is 0 Å². The normalized spacial score (nSPS) is 18.1. The molecule has 1 aromatic rings. The van der Waals surface area contributed by atoms with Crippen LogP contribution in [-0.2, 0) is 16.0 Å². The number of benzene rings is 1. The molecule has 1 N–H and O–H groups in total. The van der Waals surface area contributed by atoms with E-state index in [4.69, 9.17) is 11.6 Å². The highest BCUT2D eigenvalue weighted by molar-refractivity contribution is 6.30. The number of hydrogen-bond donors (Lipinski definition) is 1. The van der Waals surface area contributed by atoms with Crippen molar-refractivity contribution in [1.29, 1.82) is 0 Å². The molecule has 1 aliphatic rings. The van der Waals surface area contributed by atoms with Crippen molar-refractivity contribution in [3.05, 3.63) is 34.9 Å². The minimum Gasteiger partial charge on any atom is -0.354 e. The Kier molecular flexibility index (Phi) is 5.01. The molecule has 0 saturated carbocycles. The quantitative estimate of drug-likeness (QED) is 0.923. The fourth-order valence-corrected chi connectivity index (χ4v) is 2.64. The van der Waals surface area contributed by atoms with Crippen molar-refractivity contribution in [3.8, 4) is 0 Å². The summed E-state index contributed by atoms with van der Waals surface area (Å²) in [5, 5.41) is 3.62. The number of nitrogens with zero attached hydrogens (tertiary/aromatic N) is 1. The van der Waals surface area contributed by atoms with Crippen LogP contribution in [0.4, 0.5) is 0 Å². The first kappa shape index (κ1) is 14.9. The molecule has 0 bridgehead atoms. The molecule has 0 spiro atoms. The van der Waals surface area contributed by atoms with Gasteiger partial charge in [-0.2, -0.15) is 0 Å². The second kappa shape index (κ2) is 6.75. The lowest BCUT2D eigenvalue weighted by atomic mass is 10.1. The van der Waals surface area contributed by atoms with E-state index in [1.807, 2.05) is 24.3 Å². The molecular weight excluding hydrogens is 276 g/mol. The Balaban J connectivity index is 1.80. The van der Waals surface area contributed by atoms with Gasteiger partial charge < -0.3 is 10.2 Å². The lowest BCUT2D eigenvalue weighted by Crippen LogP contribution is -2.45. The Hall–Kier alpha value is -1.55. The van der Waals surface area contributed by atoms with Gasteiger partial charge >= 0.3 is 0 Å². The first-order valence-corrected chi connectivity index (χ1v) is 7.25. The van der Waals surface area contributed by atoms with Crippen LogP contribution in [0, 0.1) is 0 Å². The van der Waals surface area contributed by atoms with Gasteiger partial charge in [0, 0.05) is 25.0 Å². The molecule has 108 valence electrons. The minimum absolute atomic E-state index is 0.0275. The van der Waals surface area contributed by atoms with Gasteiger partial charge in [-0.25, -0.2) is 0 Å². The Bertz CT molecular complexity index is 487. The van der Waals surface area contributed by atoms with Crippen LogP contribution in [0.15, 0.2) is 24.3 Å². The van der Waals surface area contributed by atoms with Crippen LogP contribution >= 0.6 is 11.6 Å². The van der Waals surface area contributed by atoms with Crippen molar-refractivity contribution in [2.24, 2.45) is 0 Å². The standard InChI is InChI=1S/C15H19ClN2O2/c1-11(19)18-10-2-3-14(18)15(20)17-9-8-12-4-6-13(16)7-5-12/h4-7,14H,2-3,8-10H2,1H3,(H,17,20). The Morgan fingerprint density at radius 3 is 2.70 bits per heavy atom. The molecule has 1 atom stereocenters. The highest BCUT2D eigenvalue weighted by Gasteiger charge is 2.31. The smallest absolute Gasteiger partial charge is 0.242 e. The average Bonchev–Trinajstić information content (AvgIpc) is 2.90. The summed E-state index contributed by atoms with van der Waals surface area (Å²) in [6, 6.07) is 7.29. The van der Waals surface area contributed by atoms with Gasteiger partial charge in [-0.05, 0) is 37.0 Å². The first-order chi connectivity index (χ1) is 9.58. The van der Waals surface area contributed by atoms with E-state index in [0.29, 0.717) is 18.1 Å². The van der Waals surface area contributed by atoms with Crippen molar-refractivity contribution >= 4 is 23.4 Å². The molecule has 20 heavy (non-hydrogen) atoms. The number of halogens is 1. The molecule has 1 unspecified atom stereocenters. The summed E-state index contributed by atoms with van der Waals surface area (Å²) in [5.74, 6) is -0.0768. The molecular formula is C15H19ClN2O2. The molecule has 5 heteroatoms. The molecule has 1 fully saturated rings. The van der Waals surface area contributed by atoms with E-state index in [1.54, 1.807) is 4.90 Å². The van der Waals surface area contributed by atoms with E-state index >= 15 is 0 Å². The average molecular weight is 295 g/mol. The fourth-order valence-electron chi connectivity index (χ4n) is 2.52. The van der Waals surface area contributed by atoms with Gasteiger partial charge in [0.2, 0.25) is 11.8 Å². The molecule has 4 nitrogen and oxygen atoms in total. The maximum absolute atomic E-state index is 12.1. The van der Waals surface area contributed by atoms with Crippen molar-refractivity contribution in [3.63, 3.8) is 0 Å². The summed E-state index contributed by atoms with van der Waals surface area (Å²) in [6.07, 6.45) is 2.41. The summed E-state index contributed by atoms with van der Waals surface area (Å²) < 4.78 is 0. The zero-order valence-corrected chi connectivity index (χ0v) is 12.3. The Morgan fingerprint density at radius 1 is 1.35 bits per heavy atom. The first-order valence-electron chi connectivity index (χ1n) is 6.87. The van der Waals surface area contributed by atoms with Gasteiger partial charge in [-0.3, -0.25) is 9.59 Å². The fraction of sp³-hybridized carbons (Fsp3) is 0.467. The number of amides is 2. The number of carbonyl (C=O) groups excluding carboxylic acids is 2. The van der Waals surface area contributed by atoms with Crippen LogP contribution in [0.25, 0.3) is 0 Å². The summed E-state index contributed by atoms with van der Waals surface area (Å²) in [6.45, 7) is 2.77. The topological polar surface area (TPSA) is 49.4 Å². The van der Waals surface area contributed by atoms with E-state index in [0.717, 1.165) is 24.8 Å². The van der Waals surface area contributed by atoms with Crippen LogP contribution < -0.4 is 5.32 Å². The molecule has 1 heterocycles. The third-order valence-corrected chi connectivity index (χ3v) is 3.84. The number of likely N-dealkylation sites (tertiary alicyclic amines) is 1. The second-order valence-corrected chi connectivity index (χ2v) is 5.47. The molecule has 0 aliphatic carbocycles. The number of rotatable bonds is 4. The Morgan fingerprint density at radius 2 is 2.05 bits per heavy atom. The Labute approximate surface area is 124 Å². The van der Waals surface area contributed by atoms with Crippen molar-refractivity contribution in [1.82, 2.24) is 10.2 Å². The third-order valence-electron chi connectivity index (χ3n) is 3.59. The molecule has 2 rings (SSSR count). The van der Waals surface area contributed by atoms with Crippen LogP contribution in [-0.4, -0.2) is 35.8 Å². The predicted octanol–water partition coefficient (Wildman–Crippen LogP) is 2.01. The molecule has 2 amide bonds. The second-order valence-electron chi connectivity index (χ2n) is 5.04. The molecule has 0 aromatic heterocycles. The maximum atomic E-state index is 12.1.